The second-order valence-corrected chi connectivity index (χ2v) is 6.26. The fourth-order valence-electron chi connectivity index (χ4n) is 2.61. The Kier molecular flexibility index (Phi) is 5.05. The van der Waals surface area contributed by atoms with E-state index in [0.717, 1.165) is 16.3 Å². The molecule has 0 bridgehead atoms. The van der Waals surface area contributed by atoms with E-state index in [1.807, 2.05) is 42.5 Å². The van der Waals surface area contributed by atoms with E-state index >= 15 is 0 Å². The minimum atomic E-state index is -0.814. The van der Waals surface area contributed by atoms with Crippen LogP contribution in [0.3, 0.4) is 0 Å². The van der Waals surface area contributed by atoms with Crippen molar-refractivity contribution in [1.29, 1.82) is 0 Å². The molecular weight excluding hydrogens is 345 g/mol. The number of carbonyl (C=O) groups is 1. The molecule has 0 heterocycles. The second kappa shape index (κ2) is 7.22. The Bertz CT molecular complexity index is 890. The third kappa shape index (κ3) is 3.54. The fourth-order valence-corrected chi connectivity index (χ4v) is 3.10. The first-order valence-corrected chi connectivity index (χ1v) is 8.21. The minimum Gasteiger partial charge on any atom is -0.387 e. The van der Waals surface area contributed by atoms with Crippen LogP contribution in [0.4, 0.5) is 0 Å². The van der Waals surface area contributed by atoms with Crippen LogP contribution < -0.4 is 5.32 Å². The SMILES string of the molecule is O=C(NCC(O)c1cccc2ccccc12)c1ccc(Cl)cc1Cl. The standard InChI is InChI=1S/C19H15Cl2NO2/c20-13-8-9-16(17(21)10-13)19(24)22-11-18(23)15-7-3-5-12-4-1-2-6-14(12)15/h1-10,18,23H,11H2,(H,22,24). The zero-order valence-electron chi connectivity index (χ0n) is 12.7. The Morgan fingerprint density at radius 3 is 2.58 bits per heavy atom. The molecule has 3 rings (SSSR count). The van der Waals surface area contributed by atoms with Gasteiger partial charge in [0.2, 0.25) is 0 Å². The maximum absolute atomic E-state index is 12.2. The number of fused-ring (bicyclic) bond motifs is 1. The molecule has 1 amide bonds. The molecule has 3 aromatic carbocycles. The molecule has 1 unspecified atom stereocenters. The highest BCUT2D eigenvalue weighted by molar-refractivity contribution is 6.36. The summed E-state index contributed by atoms with van der Waals surface area (Å²) in [5, 5.41) is 15.9. The maximum Gasteiger partial charge on any atom is 0.252 e. The van der Waals surface area contributed by atoms with Gasteiger partial charge in [-0.15, -0.1) is 0 Å². The molecule has 3 aromatic rings. The molecule has 5 heteroatoms. The van der Waals surface area contributed by atoms with Gasteiger partial charge in [0.25, 0.3) is 5.91 Å². The van der Waals surface area contributed by atoms with Gasteiger partial charge in [0.15, 0.2) is 0 Å². The second-order valence-electron chi connectivity index (χ2n) is 5.42. The van der Waals surface area contributed by atoms with Crippen molar-refractivity contribution in [1.82, 2.24) is 5.32 Å². The van der Waals surface area contributed by atoms with E-state index in [-0.39, 0.29) is 17.5 Å². The van der Waals surface area contributed by atoms with Crippen LogP contribution in [0.1, 0.15) is 22.0 Å². The summed E-state index contributed by atoms with van der Waals surface area (Å²) in [4.78, 5) is 12.2. The number of halogens is 2. The van der Waals surface area contributed by atoms with Crippen LogP contribution in [0.5, 0.6) is 0 Å². The highest BCUT2D eigenvalue weighted by Crippen LogP contribution is 2.24. The molecule has 0 fully saturated rings. The van der Waals surface area contributed by atoms with E-state index in [4.69, 9.17) is 23.2 Å². The number of carbonyl (C=O) groups excluding carboxylic acids is 1. The molecule has 3 nitrogen and oxygen atoms in total. The van der Waals surface area contributed by atoms with Gasteiger partial charge in [-0.2, -0.15) is 0 Å². The largest absolute Gasteiger partial charge is 0.387 e. The Hall–Kier alpha value is -2.07. The number of aliphatic hydroxyl groups excluding tert-OH is 1. The molecule has 0 aromatic heterocycles. The molecule has 122 valence electrons. The lowest BCUT2D eigenvalue weighted by Crippen LogP contribution is -2.28. The van der Waals surface area contributed by atoms with Gasteiger partial charge >= 0.3 is 0 Å². The number of hydrogen-bond acceptors (Lipinski definition) is 2. The Balaban J connectivity index is 1.75. The molecule has 24 heavy (non-hydrogen) atoms. The molecule has 0 aliphatic rings. The minimum absolute atomic E-state index is 0.0891. The fraction of sp³-hybridized carbons (Fsp3) is 0.105. The highest BCUT2D eigenvalue weighted by Gasteiger charge is 2.15. The van der Waals surface area contributed by atoms with Crippen molar-refractivity contribution in [2.75, 3.05) is 6.54 Å². The van der Waals surface area contributed by atoms with Crippen LogP contribution in [-0.4, -0.2) is 17.6 Å². The van der Waals surface area contributed by atoms with Gasteiger partial charge in [0, 0.05) is 11.6 Å². The first kappa shape index (κ1) is 16.8. The lowest BCUT2D eigenvalue weighted by Gasteiger charge is -2.15. The monoisotopic (exact) mass is 359 g/mol. The van der Waals surface area contributed by atoms with Gasteiger partial charge in [-0.25, -0.2) is 0 Å². The molecule has 0 saturated heterocycles. The van der Waals surface area contributed by atoms with Crippen LogP contribution in [0, 0.1) is 0 Å². The predicted octanol–water partition coefficient (Wildman–Crippen LogP) is 4.61. The smallest absolute Gasteiger partial charge is 0.252 e. The molecule has 0 spiro atoms. The molecule has 0 radical (unpaired) electrons. The summed E-state index contributed by atoms with van der Waals surface area (Å²) in [6.07, 6.45) is -0.814. The zero-order valence-corrected chi connectivity index (χ0v) is 14.2. The van der Waals surface area contributed by atoms with Crippen molar-refractivity contribution in [3.63, 3.8) is 0 Å². The van der Waals surface area contributed by atoms with E-state index in [1.165, 1.54) is 6.07 Å². The van der Waals surface area contributed by atoms with Gasteiger partial charge < -0.3 is 10.4 Å². The average Bonchev–Trinajstić information content (AvgIpc) is 2.59. The number of aliphatic hydroxyl groups is 1. The average molecular weight is 360 g/mol. The predicted molar refractivity (Wildman–Crippen MR) is 97.7 cm³/mol. The van der Waals surface area contributed by atoms with Crippen molar-refractivity contribution >= 4 is 39.9 Å². The number of benzene rings is 3. The van der Waals surface area contributed by atoms with E-state index in [0.29, 0.717) is 10.6 Å². The summed E-state index contributed by atoms with van der Waals surface area (Å²) >= 11 is 11.9. The summed E-state index contributed by atoms with van der Waals surface area (Å²) in [5.41, 5.74) is 1.10. The molecule has 0 aliphatic heterocycles. The molecule has 2 N–H and O–H groups in total. The van der Waals surface area contributed by atoms with Gasteiger partial charge in [-0.3, -0.25) is 4.79 Å². The number of rotatable bonds is 4. The summed E-state index contributed by atoms with van der Waals surface area (Å²) in [5.74, 6) is -0.351. The van der Waals surface area contributed by atoms with Crippen LogP contribution in [0.2, 0.25) is 10.0 Å². The first-order valence-electron chi connectivity index (χ1n) is 7.45. The van der Waals surface area contributed by atoms with Crippen molar-refractivity contribution in [2.45, 2.75) is 6.10 Å². The first-order chi connectivity index (χ1) is 11.6. The summed E-state index contributed by atoms with van der Waals surface area (Å²) in [6.45, 7) is 0.0891. The molecule has 1 atom stereocenters. The Morgan fingerprint density at radius 1 is 1.04 bits per heavy atom. The zero-order chi connectivity index (χ0) is 17.1. The lowest BCUT2D eigenvalue weighted by atomic mass is 10.0. The molecular formula is C19H15Cl2NO2. The number of nitrogens with one attached hydrogen (secondary N) is 1. The Morgan fingerprint density at radius 2 is 1.79 bits per heavy atom. The van der Waals surface area contributed by atoms with Gasteiger partial charge in [-0.1, -0.05) is 65.7 Å². The quantitative estimate of drug-likeness (QED) is 0.714. The summed E-state index contributed by atoms with van der Waals surface area (Å²) in [7, 11) is 0. The number of hydrogen-bond donors (Lipinski definition) is 2. The third-order valence-corrected chi connectivity index (χ3v) is 4.36. The van der Waals surface area contributed by atoms with E-state index < -0.39 is 6.10 Å². The van der Waals surface area contributed by atoms with Crippen LogP contribution >= 0.6 is 23.2 Å². The maximum atomic E-state index is 12.2. The van der Waals surface area contributed by atoms with Gasteiger partial charge in [0.05, 0.1) is 16.7 Å². The van der Waals surface area contributed by atoms with Crippen LogP contribution in [0.15, 0.2) is 60.7 Å². The van der Waals surface area contributed by atoms with Crippen LogP contribution in [0.25, 0.3) is 10.8 Å². The van der Waals surface area contributed by atoms with Crippen molar-refractivity contribution in [3.8, 4) is 0 Å². The van der Waals surface area contributed by atoms with Crippen molar-refractivity contribution < 1.29 is 9.90 Å². The van der Waals surface area contributed by atoms with Crippen LogP contribution in [-0.2, 0) is 0 Å². The van der Waals surface area contributed by atoms with Gasteiger partial charge in [0.1, 0.15) is 0 Å². The van der Waals surface area contributed by atoms with Gasteiger partial charge in [-0.05, 0) is 34.5 Å². The van der Waals surface area contributed by atoms with E-state index in [2.05, 4.69) is 5.32 Å². The van der Waals surface area contributed by atoms with Crippen molar-refractivity contribution in [2.24, 2.45) is 0 Å². The third-order valence-electron chi connectivity index (χ3n) is 3.81. The number of amides is 1. The molecule has 0 saturated carbocycles. The summed E-state index contributed by atoms with van der Waals surface area (Å²) in [6, 6.07) is 18.2. The topological polar surface area (TPSA) is 49.3 Å². The normalized spacial score (nSPS) is 12.1. The molecule has 0 aliphatic carbocycles. The lowest BCUT2D eigenvalue weighted by molar-refractivity contribution is 0.0917. The summed E-state index contributed by atoms with van der Waals surface area (Å²) < 4.78 is 0. The van der Waals surface area contributed by atoms with Crippen molar-refractivity contribution in [3.05, 3.63) is 81.8 Å². The highest BCUT2D eigenvalue weighted by atomic mass is 35.5. The van der Waals surface area contributed by atoms with E-state index in [9.17, 15) is 9.90 Å². The van der Waals surface area contributed by atoms with E-state index in [1.54, 1.807) is 12.1 Å². The Labute approximate surface area is 149 Å².